The first kappa shape index (κ1) is 13.4. The van der Waals surface area contributed by atoms with Crippen molar-refractivity contribution in [3.63, 3.8) is 0 Å². The number of nitrogens with one attached hydrogen (secondary N) is 1. The van der Waals surface area contributed by atoms with E-state index in [2.05, 4.69) is 15.3 Å². The molecule has 1 aromatic heterocycles. The molecule has 0 bridgehead atoms. The fourth-order valence-electron chi connectivity index (χ4n) is 2.45. The fourth-order valence-corrected chi connectivity index (χ4v) is 2.66. The van der Waals surface area contributed by atoms with E-state index in [9.17, 15) is 5.11 Å². The molecule has 100 valence electrons. The van der Waals surface area contributed by atoms with Crippen LogP contribution >= 0.6 is 11.6 Å². The van der Waals surface area contributed by atoms with Crippen molar-refractivity contribution in [3.8, 4) is 5.75 Å². The first-order chi connectivity index (χ1) is 8.71. The van der Waals surface area contributed by atoms with Crippen LogP contribution in [0.25, 0.3) is 0 Å². The van der Waals surface area contributed by atoms with E-state index in [-0.39, 0.29) is 12.0 Å². The van der Waals surface area contributed by atoms with E-state index in [0.717, 1.165) is 12.8 Å². The van der Waals surface area contributed by atoms with Crippen molar-refractivity contribution in [2.24, 2.45) is 5.41 Å². The molecule has 0 saturated heterocycles. The third-order valence-corrected chi connectivity index (χ3v) is 3.86. The molecule has 1 aromatic rings. The number of halogens is 1. The van der Waals surface area contributed by atoms with Gasteiger partial charge in [-0.3, -0.25) is 0 Å². The van der Waals surface area contributed by atoms with Crippen LogP contribution in [0.2, 0.25) is 5.15 Å². The quantitative estimate of drug-likeness (QED) is 0.803. The zero-order valence-corrected chi connectivity index (χ0v) is 11.2. The molecule has 5 nitrogen and oxygen atoms in total. The van der Waals surface area contributed by atoms with E-state index in [0.29, 0.717) is 23.3 Å². The van der Waals surface area contributed by atoms with Crippen molar-refractivity contribution >= 4 is 17.4 Å². The second-order valence-corrected chi connectivity index (χ2v) is 5.12. The fraction of sp³-hybridized carbons (Fsp3) is 0.667. The van der Waals surface area contributed by atoms with Crippen molar-refractivity contribution < 1.29 is 9.84 Å². The highest BCUT2D eigenvalue weighted by Gasteiger charge is 2.33. The Balaban J connectivity index is 2.08. The lowest BCUT2D eigenvalue weighted by atomic mass is 9.87. The molecular formula is C12H18ClN3O2. The van der Waals surface area contributed by atoms with Crippen molar-refractivity contribution in [2.45, 2.75) is 25.7 Å². The highest BCUT2D eigenvalue weighted by Crippen LogP contribution is 2.38. The Kier molecular flexibility index (Phi) is 4.24. The topological polar surface area (TPSA) is 67.3 Å². The van der Waals surface area contributed by atoms with Crippen LogP contribution in [0.5, 0.6) is 5.75 Å². The summed E-state index contributed by atoms with van der Waals surface area (Å²) < 4.78 is 5.18. The van der Waals surface area contributed by atoms with Crippen LogP contribution in [-0.2, 0) is 0 Å². The number of hydrogen-bond acceptors (Lipinski definition) is 5. The monoisotopic (exact) mass is 271 g/mol. The lowest BCUT2D eigenvalue weighted by Crippen LogP contribution is -2.30. The number of ether oxygens (including phenoxy) is 1. The molecule has 0 aliphatic heterocycles. The zero-order valence-electron chi connectivity index (χ0n) is 10.4. The van der Waals surface area contributed by atoms with Gasteiger partial charge in [0.25, 0.3) is 0 Å². The SMILES string of the molecule is COc1c(Cl)ncnc1NCC1(CO)CCCC1. The summed E-state index contributed by atoms with van der Waals surface area (Å²) >= 11 is 5.93. The maximum absolute atomic E-state index is 9.55. The van der Waals surface area contributed by atoms with Gasteiger partial charge in [0.1, 0.15) is 6.33 Å². The number of nitrogens with zero attached hydrogens (tertiary/aromatic N) is 2. The number of aliphatic hydroxyl groups is 1. The number of hydrogen-bond donors (Lipinski definition) is 2. The highest BCUT2D eigenvalue weighted by molar-refractivity contribution is 6.31. The van der Waals surface area contributed by atoms with E-state index < -0.39 is 0 Å². The molecule has 0 radical (unpaired) electrons. The molecular weight excluding hydrogens is 254 g/mol. The van der Waals surface area contributed by atoms with Crippen LogP contribution in [0.15, 0.2) is 6.33 Å². The lowest BCUT2D eigenvalue weighted by molar-refractivity contribution is 0.142. The minimum atomic E-state index is -0.0392. The van der Waals surface area contributed by atoms with Crippen LogP contribution in [0.3, 0.4) is 0 Å². The van der Waals surface area contributed by atoms with Gasteiger partial charge in [0.2, 0.25) is 0 Å². The van der Waals surface area contributed by atoms with Crippen LogP contribution in [-0.4, -0.2) is 35.3 Å². The van der Waals surface area contributed by atoms with Crippen molar-refractivity contribution in [1.82, 2.24) is 9.97 Å². The summed E-state index contributed by atoms with van der Waals surface area (Å²) in [4.78, 5) is 7.99. The number of methoxy groups -OCH3 is 1. The normalized spacial score (nSPS) is 17.7. The summed E-state index contributed by atoms with van der Waals surface area (Å²) in [7, 11) is 1.53. The first-order valence-electron chi connectivity index (χ1n) is 6.10. The van der Waals surface area contributed by atoms with Gasteiger partial charge in [-0.25, -0.2) is 9.97 Å². The molecule has 0 atom stereocenters. The van der Waals surface area contributed by atoms with Gasteiger partial charge in [0.15, 0.2) is 16.7 Å². The predicted molar refractivity (Wildman–Crippen MR) is 70.1 cm³/mol. The molecule has 1 heterocycles. The minimum Gasteiger partial charge on any atom is -0.490 e. The van der Waals surface area contributed by atoms with Gasteiger partial charge in [0.05, 0.1) is 13.7 Å². The summed E-state index contributed by atoms with van der Waals surface area (Å²) in [5.41, 5.74) is -0.0392. The minimum absolute atomic E-state index is 0.0392. The predicted octanol–water partition coefficient (Wildman–Crippen LogP) is 2.10. The van der Waals surface area contributed by atoms with Crippen molar-refractivity contribution in [1.29, 1.82) is 0 Å². The van der Waals surface area contributed by atoms with Crippen LogP contribution in [0.1, 0.15) is 25.7 Å². The third kappa shape index (κ3) is 2.67. The van der Waals surface area contributed by atoms with Crippen molar-refractivity contribution in [3.05, 3.63) is 11.5 Å². The number of aliphatic hydroxyl groups excluding tert-OH is 1. The Bertz CT molecular complexity index is 408. The van der Waals surface area contributed by atoms with E-state index in [1.807, 2.05) is 0 Å². The van der Waals surface area contributed by atoms with E-state index in [1.54, 1.807) is 0 Å². The first-order valence-corrected chi connectivity index (χ1v) is 6.48. The van der Waals surface area contributed by atoms with Gasteiger partial charge >= 0.3 is 0 Å². The van der Waals surface area contributed by atoms with Crippen LogP contribution < -0.4 is 10.1 Å². The van der Waals surface area contributed by atoms with E-state index >= 15 is 0 Å². The molecule has 1 aliphatic carbocycles. The van der Waals surface area contributed by atoms with Gasteiger partial charge in [-0.05, 0) is 12.8 Å². The Morgan fingerprint density at radius 2 is 2.17 bits per heavy atom. The molecule has 2 N–H and O–H groups in total. The largest absolute Gasteiger partial charge is 0.490 e. The maximum Gasteiger partial charge on any atom is 0.198 e. The number of aromatic nitrogens is 2. The summed E-state index contributed by atoms with van der Waals surface area (Å²) in [6, 6.07) is 0. The average molecular weight is 272 g/mol. The molecule has 1 saturated carbocycles. The lowest BCUT2D eigenvalue weighted by Gasteiger charge is -2.27. The Morgan fingerprint density at radius 3 is 2.78 bits per heavy atom. The van der Waals surface area contributed by atoms with E-state index in [1.165, 1.54) is 26.3 Å². The van der Waals surface area contributed by atoms with Crippen LogP contribution in [0, 0.1) is 5.41 Å². The molecule has 18 heavy (non-hydrogen) atoms. The Hall–Kier alpha value is -1.07. The highest BCUT2D eigenvalue weighted by atomic mass is 35.5. The molecule has 0 amide bonds. The smallest absolute Gasteiger partial charge is 0.198 e. The van der Waals surface area contributed by atoms with Crippen molar-refractivity contribution in [2.75, 3.05) is 25.6 Å². The zero-order chi connectivity index (χ0) is 13.0. The number of rotatable bonds is 5. The Morgan fingerprint density at radius 1 is 1.44 bits per heavy atom. The molecule has 0 unspecified atom stereocenters. The number of anilines is 1. The maximum atomic E-state index is 9.55. The van der Waals surface area contributed by atoms with Gasteiger partial charge < -0.3 is 15.2 Å². The molecule has 0 aromatic carbocycles. The summed E-state index contributed by atoms with van der Waals surface area (Å²) in [6.45, 7) is 0.869. The van der Waals surface area contributed by atoms with Gasteiger partial charge in [-0.1, -0.05) is 24.4 Å². The van der Waals surface area contributed by atoms with Gasteiger partial charge in [-0.15, -0.1) is 0 Å². The second kappa shape index (κ2) is 5.71. The standard InChI is InChI=1S/C12H18ClN3O2/c1-18-9-10(13)15-8-16-11(9)14-6-12(7-17)4-2-3-5-12/h8,17H,2-7H2,1H3,(H,14,15,16). The molecule has 6 heteroatoms. The summed E-state index contributed by atoms with van der Waals surface area (Å²) in [5.74, 6) is 1.03. The molecule has 1 fully saturated rings. The van der Waals surface area contributed by atoms with Crippen LogP contribution in [0.4, 0.5) is 5.82 Å². The molecule has 0 spiro atoms. The third-order valence-electron chi connectivity index (χ3n) is 3.59. The summed E-state index contributed by atoms with van der Waals surface area (Å²) in [6.07, 6.45) is 5.82. The average Bonchev–Trinajstić information content (AvgIpc) is 2.86. The molecule has 2 rings (SSSR count). The Labute approximate surface area is 112 Å². The van der Waals surface area contributed by atoms with E-state index in [4.69, 9.17) is 16.3 Å². The van der Waals surface area contributed by atoms with Gasteiger partial charge in [0, 0.05) is 12.0 Å². The molecule has 1 aliphatic rings. The summed E-state index contributed by atoms with van der Waals surface area (Å²) in [5, 5.41) is 13.1. The van der Waals surface area contributed by atoms with Gasteiger partial charge in [-0.2, -0.15) is 0 Å². The second-order valence-electron chi connectivity index (χ2n) is 4.77.